The van der Waals surface area contributed by atoms with Crippen LogP contribution >= 0.6 is 23.2 Å². The summed E-state index contributed by atoms with van der Waals surface area (Å²) in [4.78, 5) is 12.4. The molecule has 0 fully saturated rings. The van der Waals surface area contributed by atoms with Crippen LogP contribution in [0.4, 0.5) is 5.69 Å². The Labute approximate surface area is 120 Å². The molecule has 0 atom stereocenters. The highest BCUT2D eigenvalue weighted by Gasteiger charge is 2.24. The van der Waals surface area contributed by atoms with Crippen molar-refractivity contribution in [1.29, 1.82) is 0 Å². The van der Waals surface area contributed by atoms with E-state index < -0.39 is 10.7 Å². The fraction of sp³-hybridized carbons (Fsp3) is 0.250. The molecule has 0 aliphatic carbocycles. The number of rotatable bonds is 4. The molecule has 0 aliphatic heterocycles. The average Bonchev–Trinajstić information content (AvgIpc) is 2.89. The van der Waals surface area contributed by atoms with Gasteiger partial charge >= 0.3 is 0 Å². The molecule has 100 valence electrons. The number of hydrogen-bond donors (Lipinski definition) is 0. The largest absolute Gasteiger partial charge is 0.426 e. The molecule has 0 saturated carbocycles. The third kappa shape index (κ3) is 3.24. The topological polar surface area (TPSA) is 59.2 Å². The molecular formula is C12H11Cl2N3O2. The molecule has 1 amide bonds. The number of carbonyl (C=O) groups is 1. The fourth-order valence-corrected chi connectivity index (χ4v) is 1.90. The van der Waals surface area contributed by atoms with Gasteiger partial charge in [-0.05, 0) is 18.6 Å². The van der Waals surface area contributed by atoms with Gasteiger partial charge in [0.15, 0.2) is 4.84 Å². The first-order valence-corrected chi connectivity index (χ1v) is 6.37. The van der Waals surface area contributed by atoms with Crippen LogP contribution in [0.2, 0.25) is 0 Å². The summed E-state index contributed by atoms with van der Waals surface area (Å²) < 4.78 is 5.05. The average molecular weight is 300 g/mol. The minimum Gasteiger partial charge on any atom is -0.426 e. The van der Waals surface area contributed by atoms with E-state index in [2.05, 4.69) is 10.2 Å². The maximum atomic E-state index is 12.1. The first-order chi connectivity index (χ1) is 9.09. The number of aryl methyl sites for hydroxylation is 1. The molecule has 0 N–H and O–H groups in total. The first kappa shape index (κ1) is 13.8. The zero-order chi connectivity index (χ0) is 13.8. The summed E-state index contributed by atoms with van der Waals surface area (Å²) in [7, 11) is 0. The summed E-state index contributed by atoms with van der Waals surface area (Å²) in [5.74, 6) is -0.124. The number of aromatic nitrogens is 2. The van der Waals surface area contributed by atoms with E-state index in [1.807, 2.05) is 25.1 Å². The normalized spacial score (nSPS) is 10.7. The van der Waals surface area contributed by atoms with E-state index in [4.69, 9.17) is 27.6 Å². The maximum Gasteiger partial charge on any atom is 0.260 e. The van der Waals surface area contributed by atoms with Crippen molar-refractivity contribution < 1.29 is 9.21 Å². The summed E-state index contributed by atoms with van der Waals surface area (Å²) in [6.45, 7) is 2.01. The smallest absolute Gasteiger partial charge is 0.260 e. The Morgan fingerprint density at radius 2 is 2.16 bits per heavy atom. The van der Waals surface area contributed by atoms with Crippen molar-refractivity contribution in [3.63, 3.8) is 0 Å². The van der Waals surface area contributed by atoms with Gasteiger partial charge in [0.2, 0.25) is 12.3 Å². The van der Waals surface area contributed by atoms with Crippen LogP contribution in [0.3, 0.4) is 0 Å². The van der Waals surface area contributed by atoms with Crippen LogP contribution in [0.1, 0.15) is 11.5 Å². The van der Waals surface area contributed by atoms with Crippen LogP contribution in [0.15, 0.2) is 35.1 Å². The minimum atomic E-state index is -1.15. The highest BCUT2D eigenvalue weighted by molar-refractivity contribution is 6.54. The lowest BCUT2D eigenvalue weighted by Crippen LogP contribution is -2.35. The Morgan fingerprint density at radius 3 is 2.74 bits per heavy atom. The molecule has 0 bridgehead atoms. The quantitative estimate of drug-likeness (QED) is 0.815. The van der Waals surface area contributed by atoms with Crippen LogP contribution in [0, 0.1) is 6.92 Å². The number of amides is 1. The van der Waals surface area contributed by atoms with E-state index in [9.17, 15) is 4.79 Å². The molecule has 7 heteroatoms. The molecule has 1 aromatic carbocycles. The summed E-state index contributed by atoms with van der Waals surface area (Å²) in [6.07, 6.45) is 1.20. The minimum absolute atomic E-state index is 0.125. The van der Waals surface area contributed by atoms with Crippen molar-refractivity contribution >= 4 is 34.8 Å². The van der Waals surface area contributed by atoms with Gasteiger partial charge in [-0.25, -0.2) is 0 Å². The van der Waals surface area contributed by atoms with Crippen LogP contribution < -0.4 is 4.90 Å². The zero-order valence-corrected chi connectivity index (χ0v) is 11.6. The van der Waals surface area contributed by atoms with Crippen molar-refractivity contribution in [2.24, 2.45) is 0 Å². The number of para-hydroxylation sites is 1. The van der Waals surface area contributed by atoms with Gasteiger partial charge in [0.25, 0.3) is 5.91 Å². The van der Waals surface area contributed by atoms with E-state index in [-0.39, 0.29) is 6.54 Å². The lowest BCUT2D eigenvalue weighted by Gasteiger charge is -2.23. The zero-order valence-electron chi connectivity index (χ0n) is 10.1. The summed E-state index contributed by atoms with van der Waals surface area (Å²) >= 11 is 11.3. The second-order valence-electron chi connectivity index (χ2n) is 3.84. The number of hydrogen-bond acceptors (Lipinski definition) is 4. The monoisotopic (exact) mass is 299 g/mol. The van der Waals surface area contributed by atoms with E-state index in [0.29, 0.717) is 11.6 Å². The molecule has 2 aromatic rings. The molecule has 19 heavy (non-hydrogen) atoms. The van der Waals surface area contributed by atoms with E-state index in [1.54, 1.807) is 6.07 Å². The number of nitrogens with zero attached hydrogens (tertiary/aromatic N) is 3. The molecule has 0 spiro atoms. The van der Waals surface area contributed by atoms with Crippen LogP contribution in [-0.2, 0) is 11.3 Å². The lowest BCUT2D eigenvalue weighted by atomic mass is 10.2. The predicted octanol–water partition coefficient (Wildman–Crippen LogP) is 2.71. The van der Waals surface area contributed by atoms with E-state index in [1.165, 1.54) is 11.3 Å². The highest BCUT2D eigenvalue weighted by Crippen LogP contribution is 2.23. The Kier molecular flexibility index (Phi) is 4.39. The van der Waals surface area contributed by atoms with Crippen LogP contribution in [0.5, 0.6) is 0 Å². The molecule has 1 aromatic heterocycles. The number of anilines is 1. The van der Waals surface area contributed by atoms with Crippen molar-refractivity contribution in [1.82, 2.24) is 10.2 Å². The van der Waals surface area contributed by atoms with Gasteiger partial charge in [-0.3, -0.25) is 4.79 Å². The standard InChI is InChI=1S/C12H11Cl2N3O2/c1-8-4-2-3-5-9(8)17(12(18)11(13)14)6-10-16-15-7-19-10/h2-5,7,11H,6H2,1H3. The number of benzene rings is 1. The van der Waals surface area contributed by atoms with E-state index in [0.717, 1.165) is 5.56 Å². The molecule has 2 rings (SSSR count). The maximum absolute atomic E-state index is 12.1. The van der Waals surface area contributed by atoms with Crippen LogP contribution in [0.25, 0.3) is 0 Å². The van der Waals surface area contributed by atoms with E-state index >= 15 is 0 Å². The summed E-state index contributed by atoms with van der Waals surface area (Å²) in [6, 6.07) is 7.40. The predicted molar refractivity (Wildman–Crippen MR) is 72.2 cm³/mol. The highest BCUT2D eigenvalue weighted by atomic mass is 35.5. The number of carbonyl (C=O) groups excluding carboxylic acids is 1. The number of alkyl halides is 2. The van der Waals surface area contributed by atoms with Gasteiger partial charge in [0, 0.05) is 5.69 Å². The molecule has 1 heterocycles. The molecule has 5 nitrogen and oxygen atoms in total. The van der Waals surface area contributed by atoms with Crippen LogP contribution in [-0.4, -0.2) is 20.9 Å². The fourth-order valence-electron chi connectivity index (χ4n) is 1.67. The van der Waals surface area contributed by atoms with Gasteiger partial charge in [-0.1, -0.05) is 41.4 Å². The van der Waals surface area contributed by atoms with Crippen molar-refractivity contribution in [3.8, 4) is 0 Å². The van der Waals surface area contributed by atoms with Gasteiger partial charge in [-0.2, -0.15) is 0 Å². The SMILES string of the molecule is Cc1ccccc1N(Cc1nnco1)C(=O)C(Cl)Cl. The molecule has 0 aliphatic rings. The summed E-state index contributed by atoms with van der Waals surface area (Å²) in [5, 5.41) is 7.33. The van der Waals surface area contributed by atoms with Crippen molar-refractivity contribution in [3.05, 3.63) is 42.1 Å². The Balaban J connectivity index is 2.34. The Morgan fingerprint density at radius 1 is 1.42 bits per heavy atom. The van der Waals surface area contributed by atoms with Gasteiger partial charge in [0.05, 0.1) is 0 Å². The van der Waals surface area contributed by atoms with Gasteiger partial charge in [0.1, 0.15) is 6.54 Å². The van der Waals surface area contributed by atoms with Crippen molar-refractivity contribution in [2.75, 3.05) is 4.90 Å². The molecule has 0 unspecified atom stereocenters. The lowest BCUT2D eigenvalue weighted by molar-refractivity contribution is -0.117. The van der Waals surface area contributed by atoms with Gasteiger partial charge in [-0.15, -0.1) is 10.2 Å². The number of halogens is 2. The molecule has 0 radical (unpaired) electrons. The molecule has 0 saturated heterocycles. The third-order valence-corrected chi connectivity index (χ3v) is 2.93. The third-order valence-electron chi connectivity index (χ3n) is 2.56. The second kappa shape index (κ2) is 6.04. The summed E-state index contributed by atoms with van der Waals surface area (Å²) in [5.41, 5.74) is 1.63. The first-order valence-electron chi connectivity index (χ1n) is 5.50. The Bertz CT molecular complexity index is 558. The second-order valence-corrected chi connectivity index (χ2v) is 4.94. The van der Waals surface area contributed by atoms with Gasteiger partial charge < -0.3 is 9.32 Å². The molecular weight excluding hydrogens is 289 g/mol. The van der Waals surface area contributed by atoms with Crippen molar-refractivity contribution in [2.45, 2.75) is 18.3 Å². The Hall–Kier alpha value is -1.59.